The molecule has 20 heavy (non-hydrogen) atoms. The molecular weight excluding hydrogens is 264 g/mol. The summed E-state index contributed by atoms with van der Waals surface area (Å²) in [5.74, 6) is 0.860. The van der Waals surface area contributed by atoms with Crippen LogP contribution in [0.4, 0.5) is 5.82 Å². The van der Waals surface area contributed by atoms with Gasteiger partial charge in [0.2, 0.25) is 0 Å². The average molecular weight is 284 g/mol. The van der Waals surface area contributed by atoms with E-state index >= 15 is 0 Å². The van der Waals surface area contributed by atoms with Crippen molar-refractivity contribution in [1.82, 2.24) is 4.98 Å². The molecule has 0 radical (unpaired) electrons. The minimum absolute atomic E-state index is 0.120. The summed E-state index contributed by atoms with van der Waals surface area (Å²) in [6.07, 6.45) is 1.78. The zero-order valence-corrected chi connectivity index (χ0v) is 13.2. The van der Waals surface area contributed by atoms with E-state index in [0.29, 0.717) is 0 Å². The van der Waals surface area contributed by atoms with Gasteiger partial charge in [-0.05, 0) is 29.2 Å². The Morgan fingerprint density at radius 2 is 1.85 bits per heavy atom. The van der Waals surface area contributed by atoms with Crippen LogP contribution in [0.25, 0.3) is 0 Å². The summed E-state index contributed by atoms with van der Waals surface area (Å²) in [4.78, 5) is 7.06. The van der Waals surface area contributed by atoms with Crippen molar-refractivity contribution in [1.29, 1.82) is 0 Å². The van der Waals surface area contributed by atoms with E-state index in [1.54, 1.807) is 6.20 Å². The van der Waals surface area contributed by atoms with Gasteiger partial charge in [-0.2, -0.15) is 0 Å². The highest BCUT2D eigenvalue weighted by Gasteiger charge is 2.16. The smallest absolute Gasteiger partial charge is 0.133 e. The number of pyridine rings is 1. The minimum Gasteiger partial charge on any atom is -0.320 e. The molecule has 0 aliphatic rings. The Morgan fingerprint density at radius 1 is 1.10 bits per heavy atom. The molecule has 0 bridgehead atoms. The monoisotopic (exact) mass is 284 g/mol. The zero-order chi connectivity index (χ0) is 14.8. The van der Waals surface area contributed by atoms with Gasteiger partial charge in [-0.15, -0.1) is 0 Å². The van der Waals surface area contributed by atoms with Gasteiger partial charge in [0.05, 0.1) is 0 Å². The summed E-state index contributed by atoms with van der Waals surface area (Å²) >= 11 is 5.59. The highest BCUT2D eigenvalue weighted by Crippen LogP contribution is 2.24. The highest BCUT2D eigenvalue weighted by molar-refractivity contribution is 7.81. The molecule has 0 saturated heterocycles. The normalized spacial score (nSPS) is 11.2. The van der Waals surface area contributed by atoms with Crippen LogP contribution < -0.4 is 4.90 Å². The summed E-state index contributed by atoms with van der Waals surface area (Å²) in [7, 11) is 1.95. The molecule has 2 aromatic rings. The van der Waals surface area contributed by atoms with Crippen molar-refractivity contribution in [3.8, 4) is 0 Å². The first-order chi connectivity index (χ1) is 9.39. The first-order valence-electron chi connectivity index (χ1n) is 6.69. The molecule has 1 heterocycles. The highest BCUT2D eigenvalue weighted by atomic mass is 32.1. The Balaban J connectivity index is 2.30. The van der Waals surface area contributed by atoms with Crippen molar-refractivity contribution >= 4 is 23.0 Å². The molecule has 0 amide bonds. The molecule has 0 N–H and O–H groups in total. The van der Waals surface area contributed by atoms with E-state index in [1.807, 2.05) is 30.1 Å². The lowest BCUT2D eigenvalue weighted by Gasteiger charge is -2.22. The molecule has 0 spiro atoms. The molecule has 0 atom stereocenters. The van der Waals surface area contributed by atoms with Crippen LogP contribution in [-0.4, -0.2) is 17.0 Å². The summed E-state index contributed by atoms with van der Waals surface area (Å²) in [6, 6.07) is 14.3. The van der Waals surface area contributed by atoms with E-state index in [-0.39, 0.29) is 5.41 Å². The summed E-state index contributed by atoms with van der Waals surface area (Å²) in [6.45, 7) is 6.62. The predicted molar refractivity (Wildman–Crippen MR) is 89.5 cm³/mol. The maximum atomic E-state index is 5.59. The first-order valence-corrected chi connectivity index (χ1v) is 7.10. The number of rotatable bonds is 2. The van der Waals surface area contributed by atoms with Gasteiger partial charge in [0.25, 0.3) is 0 Å². The summed E-state index contributed by atoms with van der Waals surface area (Å²) < 4.78 is 0. The van der Waals surface area contributed by atoms with Gasteiger partial charge in [-0.25, -0.2) is 4.98 Å². The van der Waals surface area contributed by atoms with Gasteiger partial charge in [0.1, 0.15) is 10.8 Å². The van der Waals surface area contributed by atoms with Gasteiger partial charge in [0.15, 0.2) is 0 Å². The van der Waals surface area contributed by atoms with Crippen molar-refractivity contribution in [2.75, 3.05) is 11.9 Å². The number of hydrogen-bond donors (Lipinski definition) is 0. The van der Waals surface area contributed by atoms with E-state index in [1.165, 1.54) is 5.56 Å². The lowest BCUT2D eigenvalue weighted by Crippen LogP contribution is -2.26. The number of aromatic nitrogens is 1. The van der Waals surface area contributed by atoms with Crippen LogP contribution in [0, 0.1) is 0 Å². The largest absolute Gasteiger partial charge is 0.320 e. The number of hydrogen-bond acceptors (Lipinski definition) is 2. The molecule has 0 unspecified atom stereocenters. The zero-order valence-electron chi connectivity index (χ0n) is 12.4. The molecule has 2 nitrogen and oxygen atoms in total. The first kappa shape index (κ1) is 14.7. The molecular formula is C17H20N2S. The predicted octanol–water partition coefficient (Wildman–Crippen LogP) is 4.19. The van der Waals surface area contributed by atoms with Crippen LogP contribution in [0.1, 0.15) is 31.9 Å². The quantitative estimate of drug-likeness (QED) is 0.769. The molecule has 0 aliphatic heterocycles. The molecule has 0 aliphatic carbocycles. The van der Waals surface area contributed by atoms with Gasteiger partial charge < -0.3 is 4.90 Å². The number of benzene rings is 1. The molecule has 0 fully saturated rings. The molecule has 0 saturated carbocycles. The molecule has 1 aromatic heterocycles. The van der Waals surface area contributed by atoms with Crippen LogP contribution in [0.15, 0.2) is 48.7 Å². The van der Waals surface area contributed by atoms with Crippen LogP contribution in [-0.2, 0) is 5.41 Å². The lowest BCUT2D eigenvalue weighted by molar-refractivity contribution is 0.590. The SMILES string of the molecule is CN(C(=S)c1cccc(C(C)(C)C)c1)c1ccccn1. The number of thiocarbonyl (C=S) groups is 1. The van der Waals surface area contributed by atoms with Crippen LogP contribution in [0.3, 0.4) is 0 Å². The Kier molecular flexibility index (Phi) is 4.19. The topological polar surface area (TPSA) is 16.1 Å². The second-order valence-corrected chi connectivity index (χ2v) is 6.27. The van der Waals surface area contributed by atoms with Crippen LogP contribution in [0.2, 0.25) is 0 Å². The van der Waals surface area contributed by atoms with Crippen molar-refractivity contribution in [2.45, 2.75) is 26.2 Å². The molecule has 104 valence electrons. The van der Waals surface area contributed by atoms with Gasteiger partial charge in [-0.1, -0.05) is 57.3 Å². The summed E-state index contributed by atoms with van der Waals surface area (Å²) in [5.41, 5.74) is 2.46. The molecule has 3 heteroatoms. The fourth-order valence-electron chi connectivity index (χ4n) is 1.97. The maximum absolute atomic E-state index is 5.59. The second kappa shape index (κ2) is 5.71. The van der Waals surface area contributed by atoms with Crippen molar-refractivity contribution in [3.63, 3.8) is 0 Å². The van der Waals surface area contributed by atoms with E-state index in [2.05, 4.69) is 50.0 Å². The fraction of sp³-hybridized carbons (Fsp3) is 0.294. The second-order valence-electron chi connectivity index (χ2n) is 5.88. The van der Waals surface area contributed by atoms with Crippen LogP contribution in [0.5, 0.6) is 0 Å². The van der Waals surface area contributed by atoms with Crippen molar-refractivity contribution < 1.29 is 0 Å². The molecule has 1 aromatic carbocycles. The van der Waals surface area contributed by atoms with Gasteiger partial charge >= 0.3 is 0 Å². The van der Waals surface area contributed by atoms with E-state index in [0.717, 1.165) is 16.4 Å². The Morgan fingerprint density at radius 3 is 2.45 bits per heavy atom. The minimum atomic E-state index is 0.120. The lowest BCUT2D eigenvalue weighted by atomic mass is 9.86. The fourth-order valence-corrected chi connectivity index (χ4v) is 2.19. The van der Waals surface area contributed by atoms with E-state index in [9.17, 15) is 0 Å². The Labute approximate surface area is 126 Å². The Hall–Kier alpha value is -1.74. The van der Waals surface area contributed by atoms with Crippen molar-refractivity contribution in [3.05, 3.63) is 59.8 Å². The third-order valence-electron chi connectivity index (χ3n) is 3.27. The summed E-state index contributed by atoms with van der Waals surface area (Å²) in [5, 5.41) is 0. The number of anilines is 1. The van der Waals surface area contributed by atoms with E-state index < -0.39 is 0 Å². The number of nitrogens with zero attached hydrogens (tertiary/aromatic N) is 2. The third kappa shape index (κ3) is 3.23. The van der Waals surface area contributed by atoms with Crippen LogP contribution >= 0.6 is 12.2 Å². The maximum Gasteiger partial charge on any atom is 0.133 e. The van der Waals surface area contributed by atoms with Gasteiger partial charge in [0, 0.05) is 18.8 Å². The Bertz CT molecular complexity index is 600. The standard InChI is InChI=1S/C17H20N2S/c1-17(2,3)14-9-7-8-13(12-14)16(20)19(4)15-10-5-6-11-18-15/h5-12H,1-4H3. The van der Waals surface area contributed by atoms with Gasteiger partial charge in [-0.3, -0.25) is 0 Å². The third-order valence-corrected chi connectivity index (χ3v) is 3.78. The van der Waals surface area contributed by atoms with Crippen molar-refractivity contribution in [2.24, 2.45) is 0 Å². The average Bonchev–Trinajstić information content (AvgIpc) is 2.46. The molecule has 2 rings (SSSR count). The van der Waals surface area contributed by atoms with E-state index in [4.69, 9.17) is 12.2 Å².